The predicted molar refractivity (Wildman–Crippen MR) is 74.5 cm³/mol. The molecule has 0 saturated carbocycles. The molecule has 0 bridgehead atoms. The molecule has 7 heteroatoms. The Balaban J connectivity index is 2.89. The van der Waals surface area contributed by atoms with Crippen molar-refractivity contribution in [1.82, 2.24) is 14.2 Å². The van der Waals surface area contributed by atoms with Crippen LogP contribution in [0.4, 0.5) is 0 Å². The van der Waals surface area contributed by atoms with E-state index in [9.17, 15) is 13.5 Å². The molecule has 19 heavy (non-hydrogen) atoms. The summed E-state index contributed by atoms with van der Waals surface area (Å²) in [7, 11) is 0.255. The van der Waals surface area contributed by atoms with Crippen LogP contribution >= 0.6 is 0 Å². The Labute approximate surface area is 115 Å². The van der Waals surface area contributed by atoms with Crippen molar-refractivity contribution in [3.63, 3.8) is 0 Å². The summed E-state index contributed by atoms with van der Waals surface area (Å²) >= 11 is 0. The monoisotopic (exact) mass is 289 g/mol. The van der Waals surface area contributed by atoms with Gasteiger partial charge >= 0.3 is 0 Å². The molecule has 6 nitrogen and oxygen atoms in total. The van der Waals surface area contributed by atoms with Gasteiger partial charge in [0.15, 0.2) is 0 Å². The van der Waals surface area contributed by atoms with Crippen molar-refractivity contribution in [2.75, 3.05) is 27.2 Å². The van der Waals surface area contributed by atoms with Crippen LogP contribution in [-0.4, -0.2) is 50.2 Å². The SMILES string of the molecule is CC(C)n1cc(S(=O)(=O)NCCN(C)C)cc1CO. The summed E-state index contributed by atoms with van der Waals surface area (Å²) in [6.07, 6.45) is 1.56. The number of likely N-dealkylation sites (N-methyl/N-ethyl adjacent to an activating group) is 1. The molecule has 1 rings (SSSR count). The lowest BCUT2D eigenvalue weighted by molar-refractivity contribution is 0.268. The van der Waals surface area contributed by atoms with Crippen molar-refractivity contribution in [2.24, 2.45) is 0 Å². The largest absolute Gasteiger partial charge is 0.390 e. The standard InChI is InChI=1S/C12H23N3O3S/c1-10(2)15-8-12(7-11(15)9-16)19(17,18)13-5-6-14(3)4/h7-8,10,13,16H,5-6,9H2,1-4H3. The van der Waals surface area contributed by atoms with Gasteiger partial charge in [-0.1, -0.05) is 0 Å². The van der Waals surface area contributed by atoms with E-state index >= 15 is 0 Å². The topological polar surface area (TPSA) is 74.6 Å². The summed E-state index contributed by atoms with van der Waals surface area (Å²) in [6.45, 7) is 4.70. The number of hydrogen-bond acceptors (Lipinski definition) is 4. The molecule has 0 amide bonds. The molecule has 1 aromatic heterocycles. The third-order valence-corrected chi connectivity index (χ3v) is 4.21. The molecule has 0 radical (unpaired) electrons. The van der Waals surface area contributed by atoms with Crippen LogP contribution in [0.5, 0.6) is 0 Å². The maximum atomic E-state index is 12.1. The van der Waals surface area contributed by atoms with Crippen LogP contribution in [0.1, 0.15) is 25.6 Å². The van der Waals surface area contributed by atoms with Crippen molar-refractivity contribution in [3.8, 4) is 0 Å². The number of hydrogen-bond donors (Lipinski definition) is 2. The third kappa shape index (κ3) is 4.31. The lowest BCUT2D eigenvalue weighted by Gasteiger charge is -2.11. The predicted octanol–water partition coefficient (Wildman–Crippen LogP) is 0.401. The first-order valence-corrected chi connectivity index (χ1v) is 7.72. The fourth-order valence-electron chi connectivity index (χ4n) is 1.74. The molecule has 0 aliphatic rings. The Bertz CT molecular complexity index is 506. The van der Waals surface area contributed by atoms with E-state index in [1.165, 1.54) is 6.07 Å². The van der Waals surface area contributed by atoms with E-state index in [-0.39, 0.29) is 17.5 Å². The van der Waals surface area contributed by atoms with E-state index in [4.69, 9.17) is 0 Å². The molecule has 0 fully saturated rings. The lowest BCUT2D eigenvalue weighted by Crippen LogP contribution is -2.31. The molecule has 0 spiro atoms. The quantitative estimate of drug-likeness (QED) is 0.762. The van der Waals surface area contributed by atoms with E-state index in [2.05, 4.69) is 4.72 Å². The average Bonchev–Trinajstić information content (AvgIpc) is 2.72. The second-order valence-corrected chi connectivity index (χ2v) is 6.79. The summed E-state index contributed by atoms with van der Waals surface area (Å²) in [4.78, 5) is 2.10. The zero-order valence-electron chi connectivity index (χ0n) is 11.9. The molecule has 0 atom stereocenters. The Morgan fingerprint density at radius 3 is 2.47 bits per heavy atom. The van der Waals surface area contributed by atoms with Gasteiger partial charge in [-0.25, -0.2) is 13.1 Å². The summed E-state index contributed by atoms with van der Waals surface area (Å²) < 4.78 is 28.5. The zero-order chi connectivity index (χ0) is 14.6. The van der Waals surface area contributed by atoms with Gasteiger partial charge in [0.2, 0.25) is 10.0 Å². The fraction of sp³-hybridized carbons (Fsp3) is 0.667. The van der Waals surface area contributed by atoms with Gasteiger partial charge in [-0.2, -0.15) is 0 Å². The van der Waals surface area contributed by atoms with Crippen LogP contribution < -0.4 is 4.72 Å². The molecule has 0 saturated heterocycles. The van der Waals surface area contributed by atoms with Crippen LogP contribution in [0.3, 0.4) is 0 Å². The highest BCUT2D eigenvalue weighted by Gasteiger charge is 2.18. The second-order valence-electron chi connectivity index (χ2n) is 5.03. The number of aromatic nitrogens is 1. The Morgan fingerprint density at radius 2 is 2.05 bits per heavy atom. The van der Waals surface area contributed by atoms with Crippen molar-refractivity contribution in [2.45, 2.75) is 31.4 Å². The Hall–Kier alpha value is -0.890. The summed E-state index contributed by atoms with van der Waals surface area (Å²) in [5.74, 6) is 0. The van der Waals surface area contributed by atoms with E-state index in [0.29, 0.717) is 18.8 Å². The van der Waals surface area contributed by atoms with Crippen LogP contribution in [0.2, 0.25) is 0 Å². The number of nitrogens with zero attached hydrogens (tertiary/aromatic N) is 2. The molecule has 0 aliphatic heterocycles. The normalized spacial score (nSPS) is 12.6. The summed E-state index contributed by atoms with van der Waals surface area (Å²) in [5.41, 5.74) is 0.600. The average molecular weight is 289 g/mol. The number of sulfonamides is 1. The first kappa shape index (κ1) is 16.2. The van der Waals surface area contributed by atoms with Gasteiger partial charge in [-0.05, 0) is 34.0 Å². The van der Waals surface area contributed by atoms with Gasteiger partial charge in [0.05, 0.1) is 11.5 Å². The number of aliphatic hydroxyl groups excluding tert-OH is 1. The van der Waals surface area contributed by atoms with Crippen molar-refractivity contribution >= 4 is 10.0 Å². The van der Waals surface area contributed by atoms with Crippen molar-refractivity contribution < 1.29 is 13.5 Å². The van der Waals surface area contributed by atoms with Crippen LogP contribution in [-0.2, 0) is 16.6 Å². The highest BCUT2D eigenvalue weighted by Crippen LogP contribution is 2.18. The molecule has 1 heterocycles. The minimum Gasteiger partial charge on any atom is -0.390 e. The van der Waals surface area contributed by atoms with Gasteiger partial charge in [0.1, 0.15) is 0 Å². The van der Waals surface area contributed by atoms with Gasteiger partial charge < -0.3 is 14.6 Å². The Morgan fingerprint density at radius 1 is 1.42 bits per heavy atom. The molecular weight excluding hydrogens is 266 g/mol. The minimum absolute atomic E-state index is 0.105. The molecule has 0 unspecified atom stereocenters. The van der Waals surface area contributed by atoms with E-state index in [1.54, 1.807) is 10.8 Å². The molecule has 1 aromatic rings. The highest BCUT2D eigenvalue weighted by molar-refractivity contribution is 7.89. The summed E-state index contributed by atoms with van der Waals surface area (Å²) in [6, 6.07) is 1.62. The molecule has 110 valence electrons. The van der Waals surface area contributed by atoms with Crippen LogP contribution in [0, 0.1) is 0 Å². The maximum Gasteiger partial charge on any atom is 0.242 e. The van der Waals surface area contributed by atoms with Gasteiger partial charge in [0.25, 0.3) is 0 Å². The van der Waals surface area contributed by atoms with Crippen LogP contribution in [0.15, 0.2) is 17.2 Å². The maximum absolute atomic E-state index is 12.1. The van der Waals surface area contributed by atoms with Crippen molar-refractivity contribution in [1.29, 1.82) is 0 Å². The number of nitrogens with one attached hydrogen (secondary N) is 1. The van der Waals surface area contributed by atoms with E-state index < -0.39 is 10.0 Å². The van der Waals surface area contributed by atoms with Gasteiger partial charge in [0, 0.05) is 31.0 Å². The minimum atomic E-state index is -3.51. The third-order valence-electron chi connectivity index (χ3n) is 2.79. The smallest absolute Gasteiger partial charge is 0.242 e. The molecule has 0 aromatic carbocycles. The first-order chi connectivity index (χ1) is 8.77. The highest BCUT2D eigenvalue weighted by atomic mass is 32.2. The Kier molecular flexibility index (Phi) is 5.54. The van der Waals surface area contributed by atoms with E-state index in [0.717, 1.165) is 0 Å². The molecule has 0 aliphatic carbocycles. The van der Waals surface area contributed by atoms with Crippen LogP contribution in [0.25, 0.3) is 0 Å². The van der Waals surface area contributed by atoms with Crippen molar-refractivity contribution in [3.05, 3.63) is 18.0 Å². The molecular formula is C12H23N3O3S. The molecule has 2 N–H and O–H groups in total. The number of rotatable bonds is 7. The van der Waals surface area contributed by atoms with Gasteiger partial charge in [-0.15, -0.1) is 0 Å². The summed E-state index contributed by atoms with van der Waals surface area (Å²) in [5, 5.41) is 9.25. The fourth-order valence-corrected chi connectivity index (χ4v) is 2.81. The lowest BCUT2D eigenvalue weighted by atomic mass is 10.3. The number of aliphatic hydroxyl groups is 1. The van der Waals surface area contributed by atoms with E-state index in [1.807, 2.05) is 32.8 Å². The second kappa shape index (κ2) is 6.51. The first-order valence-electron chi connectivity index (χ1n) is 6.24. The zero-order valence-corrected chi connectivity index (χ0v) is 12.7. The van der Waals surface area contributed by atoms with Gasteiger partial charge in [-0.3, -0.25) is 0 Å².